The highest BCUT2D eigenvalue weighted by Crippen LogP contribution is 2.55. The number of amides is 2. The minimum absolute atomic E-state index is 0.304. The van der Waals surface area contributed by atoms with Crippen molar-refractivity contribution in [2.24, 2.45) is 5.92 Å². The molecule has 4 atom stereocenters. The smallest absolute Gasteiger partial charge is 0.458 e. The Bertz CT molecular complexity index is 1010. The normalized spacial score (nSPS) is 31.3. The number of quaternary nitrogens is 1. The Morgan fingerprint density at radius 3 is 2.60 bits per heavy atom. The van der Waals surface area contributed by atoms with E-state index in [1.165, 1.54) is 12.3 Å². The predicted molar refractivity (Wildman–Crippen MR) is 110 cm³/mol. The first kappa shape index (κ1) is 20.7. The first-order valence-electron chi connectivity index (χ1n) is 9.75. The van der Waals surface area contributed by atoms with Gasteiger partial charge < -0.3 is 14.2 Å². The molecule has 0 radical (unpaired) electrons. The SMILES string of the molecule is CC1=C[C@H](O/C=C2/C(=O)[N+](S)(C(=O)OC(C)(C)C)[C@@H]3c4ccccc4C[C@H]23)OC1=O. The number of cyclic esters (lactones) is 1. The molecule has 0 aromatic heterocycles. The number of hydrogen-bond donors (Lipinski definition) is 1. The Morgan fingerprint density at radius 2 is 1.97 bits per heavy atom. The van der Waals surface area contributed by atoms with E-state index in [0.29, 0.717) is 17.6 Å². The first-order valence-corrected chi connectivity index (χ1v) is 10.1. The largest absolute Gasteiger partial charge is 0.536 e. The monoisotopic (exact) mass is 430 g/mol. The molecule has 1 saturated heterocycles. The number of rotatable bonds is 2. The van der Waals surface area contributed by atoms with Crippen molar-refractivity contribution in [1.29, 1.82) is 0 Å². The van der Waals surface area contributed by atoms with Crippen molar-refractivity contribution < 1.29 is 32.5 Å². The number of ether oxygens (including phenoxy) is 3. The van der Waals surface area contributed by atoms with Gasteiger partial charge in [0.1, 0.15) is 17.4 Å². The zero-order valence-corrected chi connectivity index (χ0v) is 18.1. The van der Waals surface area contributed by atoms with Crippen molar-refractivity contribution in [3.63, 3.8) is 0 Å². The van der Waals surface area contributed by atoms with E-state index in [9.17, 15) is 14.4 Å². The summed E-state index contributed by atoms with van der Waals surface area (Å²) in [5.41, 5.74) is 1.93. The van der Waals surface area contributed by atoms with E-state index in [0.717, 1.165) is 11.1 Å². The van der Waals surface area contributed by atoms with Crippen LogP contribution in [0.15, 0.2) is 47.7 Å². The van der Waals surface area contributed by atoms with Crippen LogP contribution in [0.3, 0.4) is 0 Å². The summed E-state index contributed by atoms with van der Waals surface area (Å²) in [4.78, 5) is 38.1. The molecule has 7 nitrogen and oxygen atoms in total. The van der Waals surface area contributed by atoms with Crippen LogP contribution in [0.2, 0.25) is 0 Å². The van der Waals surface area contributed by atoms with E-state index in [1.54, 1.807) is 27.7 Å². The summed E-state index contributed by atoms with van der Waals surface area (Å²) in [5, 5.41) is 0. The zero-order valence-electron chi connectivity index (χ0n) is 17.2. The molecule has 0 saturated carbocycles. The quantitative estimate of drug-likeness (QED) is 0.253. The van der Waals surface area contributed by atoms with Gasteiger partial charge in [-0.2, -0.15) is 4.79 Å². The van der Waals surface area contributed by atoms with Gasteiger partial charge in [-0.1, -0.05) is 28.2 Å². The van der Waals surface area contributed by atoms with Gasteiger partial charge in [-0.05, 0) is 39.7 Å². The van der Waals surface area contributed by atoms with Gasteiger partial charge in [0.2, 0.25) is 0 Å². The summed E-state index contributed by atoms with van der Waals surface area (Å²) in [6.45, 7) is 6.86. The number of carbonyl (C=O) groups excluding carboxylic acids is 3. The first-order chi connectivity index (χ1) is 14.0. The summed E-state index contributed by atoms with van der Waals surface area (Å²) < 4.78 is 15.4. The third kappa shape index (κ3) is 3.24. The molecule has 1 aromatic carbocycles. The summed E-state index contributed by atoms with van der Waals surface area (Å²) in [6.07, 6.45) is 1.79. The van der Waals surface area contributed by atoms with Crippen LogP contribution in [0.4, 0.5) is 4.79 Å². The van der Waals surface area contributed by atoms with Crippen molar-refractivity contribution in [2.75, 3.05) is 0 Å². The van der Waals surface area contributed by atoms with Gasteiger partial charge in [0.15, 0.2) is 6.04 Å². The van der Waals surface area contributed by atoms with Crippen molar-refractivity contribution in [3.8, 4) is 0 Å². The van der Waals surface area contributed by atoms with Gasteiger partial charge in [0.05, 0.1) is 18.7 Å². The number of fused-ring (bicyclic) bond motifs is 3. The summed E-state index contributed by atoms with van der Waals surface area (Å²) in [6, 6.07) is 7.17. The topological polar surface area (TPSA) is 78.9 Å². The average Bonchev–Trinajstić information content (AvgIpc) is 3.25. The molecule has 2 amide bonds. The van der Waals surface area contributed by atoms with Gasteiger partial charge in [-0.15, -0.1) is 0 Å². The van der Waals surface area contributed by atoms with Crippen molar-refractivity contribution in [2.45, 2.75) is 52.0 Å². The maximum absolute atomic E-state index is 13.4. The Kier molecular flexibility index (Phi) is 4.82. The highest BCUT2D eigenvalue weighted by atomic mass is 32.1. The second kappa shape index (κ2) is 6.99. The Morgan fingerprint density at radius 1 is 1.27 bits per heavy atom. The molecular formula is C22H24NO6S+. The van der Waals surface area contributed by atoms with Crippen molar-refractivity contribution in [1.82, 2.24) is 0 Å². The molecule has 0 bridgehead atoms. The van der Waals surface area contributed by atoms with Gasteiger partial charge >= 0.3 is 18.0 Å². The number of hydrogen-bond acceptors (Lipinski definition) is 7. The second-order valence-electron chi connectivity index (χ2n) is 8.76. The highest BCUT2D eigenvalue weighted by molar-refractivity contribution is 7.75. The fraction of sp³-hybridized carbons (Fsp3) is 0.409. The number of benzene rings is 1. The van der Waals surface area contributed by atoms with Gasteiger partial charge in [-0.25, -0.2) is 9.59 Å². The molecule has 8 heteroatoms. The van der Waals surface area contributed by atoms with E-state index in [4.69, 9.17) is 14.2 Å². The maximum Gasteiger partial charge on any atom is 0.536 e. The maximum atomic E-state index is 13.4. The third-order valence-electron chi connectivity index (χ3n) is 5.49. The molecule has 1 fully saturated rings. The van der Waals surface area contributed by atoms with E-state index in [-0.39, 0.29) is 5.92 Å². The van der Waals surface area contributed by atoms with E-state index < -0.39 is 39.8 Å². The van der Waals surface area contributed by atoms with Gasteiger partial charge in [-0.3, -0.25) is 0 Å². The van der Waals surface area contributed by atoms with Crippen LogP contribution in [0, 0.1) is 5.92 Å². The average molecular weight is 431 g/mol. The Balaban J connectivity index is 1.72. The van der Waals surface area contributed by atoms with Crippen LogP contribution in [-0.4, -0.2) is 33.7 Å². The molecule has 30 heavy (non-hydrogen) atoms. The van der Waals surface area contributed by atoms with Crippen LogP contribution < -0.4 is 0 Å². The van der Waals surface area contributed by atoms with Gasteiger partial charge in [0, 0.05) is 17.2 Å². The number of esters is 1. The van der Waals surface area contributed by atoms with Crippen molar-refractivity contribution >= 4 is 30.8 Å². The van der Waals surface area contributed by atoms with Gasteiger partial charge in [0.25, 0.3) is 6.29 Å². The molecule has 1 aromatic rings. The molecule has 2 heterocycles. The predicted octanol–water partition coefficient (Wildman–Crippen LogP) is 3.77. The molecule has 0 spiro atoms. The molecular weight excluding hydrogens is 406 g/mol. The Labute approximate surface area is 180 Å². The highest BCUT2D eigenvalue weighted by Gasteiger charge is 2.67. The van der Waals surface area contributed by atoms with Crippen molar-refractivity contribution in [3.05, 3.63) is 58.9 Å². The lowest BCUT2D eigenvalue weighted by Gasteiger charge is -2.30. The number of nitrogens with zero attached hydrogens (tertiary/aromatic N) is 1. The van der Waals surface area contributed by atoms with Crippen LogP contribution in [0.5, 0.6) is 0 Å². The summed E-state index contributed by atoms with van der Waals surface area (Å²) in [5.74, 6) is -1.26. The van der Waals surface area contributed by atoms with Crippen LogP contribution >= 0.6 is 12.8 Å². The zero-order chi connectivity index (χ0) is 21.8. The lowest BCUT2D eigenvalue weighted by atomic mass is 9.97. The number of likely N-dealkylation sites (tertiary alicyclic amines) is 1. The number of carbonyl (C=O) groups is 3. The minimum Gasteiger partial charge on any atom is -0.458 e. The molecule has 3 aliphatic rings. The van der Waals surface area contributed by atoms with E-state index in [2.05, 4.69) is 12.8 Å². The standard InChI is InChI=1S/C22H24NO6S/c1-12-9-17(28-20(12)25)27-11-16-15-10-13-7-5-6-8-14(13)18(15)23(30,19(16)24)21(26)29-22(2,3)4/h5-9,11,15,17-18,30H,10H2,1-4H3/q+1/b16-11+/t15-,17-,18-,23?/m1/s1. The van der Waals surface area contributed by atoms with Crippen LogP contribution in [-0.2, 0) is 30.2 Å². The Hall–Kier alpha value is -2.58. The second-order valence-corrected chi connectivity index (χ2v) is 9.39. The lowest BCUT2D eigenvalue weighted by Crippen LogP contribution is -2.49. The van der Waals surface area contributed by atoms with E-state index in [1.807, 2.05) is 24.3 Å². The summed E-state index contributed by atoms with van der Waals surface area (Å²) >= 11 is 4.59. The molecule has 158 valence electrons. The molecule has 1 unspecified atom stereocenters. The molecule has 0 N–H and O–H groups in total. The number of imide groups is 1. The van der Waals surface area contributed by atoms with E-state index >= 15 is 0 Å². The number of thiol groups is 1. The minimum atomic E-state index is -0.899. The molecule has 2 aliphatic heterocycles. The lowest BCUT2D eigenvalue weighted by molar-refractivity contribution is -0.667. The molecule has 1 aliphatic carbocycles. The molecule has 4 rings (SSSR count). The van der Waals surface area contributed by atoms with Crippen LogP contribution in [0.1, 0.15) is 44.9 Å². The summed E-state index contributed by atoms with van der Waals surface area (Å²) in [7, 11) is 0. The van der Waals surface area contributed by atoms with Crippen LogP contribution in [0.25, 0.3) is 0 Å². The third-order valence-corrected chi connectivity index (χ3v) is 6.08. The fourth-order valence-electron chi connectivity index (χ4n) is 4.18. The fourth-order valence-corrected chi connectivity index (χ4v) is 4.62.